The molecule has 0 bridgehead atoms. The number of benzene rings is 1. The molecule has 1 saturated heterocycles. The number of piperidine rings is 1. The number of fused-ring (bicyclic) bond motifs is 1. The van der Waals surface area contributed by atoms with E-state index >= 15 is 0 Å². The first kappa shape index (κ1) is 22.9. The van der Waals surface area contributed by atoms with Crippen LogP contribution < -0.4 is 15.0 Å². The summed E-state index contributed by atoms with van der Waals surface area (Å²) in [5, 5.41) is 18.0. The molecule has 1 aliphatic rings. The summed E-state index contributed by atoms with van der Waals surface area (Å²) in [6.45, 7) is 5.97. The second kappa shape index (κ2) is 9.77. The standard InChI is InChI=1S/C26H30N6O3/c1-17-23-18(2)32(20-8-10-21(34-3)11-9-20)30-24(23)25(29-28-17)31-14-4-6-19(16-31)26(33)27-13-12-22-7-5-15-35-22/h5,7-11,15,19H,4,6,12-14,16H2,1-3H3,(H,27,33)/t19-/m0/s1. The van der Waals surface area contributed by atoms with Gasteiger partial charge in [-0.3, -0.25) is 4.79 Å². The number of hydrogen-bond donors (Lipinski definition) is 1. The fourth-order valence-corrected chi connectivity index (χ4v) is 4.79. The first-order valence-corrected chi connectivity index (χ1v) is 12.0. The lowest BCUT2D eigenvalue weighted by atomic mass is 9.97. The zero-order valence-corrected chi connectivity index (χ0v) is 20.3. The predicted octanol–water partition coefficient (Wildman–Crippen LogP) is 3.61. The van der Waals surface area contributed by atoms with Crippen molar-refractivity contribution in [2.45, 2.75) is 33.1 Å². The lowest BCUT2D eigenvalue weighted by Crippen LogP contribution is -2.44. The van der Waals surface area contributed by atoms with E-state index in [9.17, 15) is 4.79 Å². The number of hydrogen-bond acceptors (Lipinski definition) is 7. The minimum atomic E-state index is -0.108. The second-order valence-electron chi connectivity index (χ2n) is 8.93. The van der Waals surface area contributed by atoms with Crippen molar-refractivity contribution in [3.05, 3.63) is 59.8 Å². The van der Waals surface area contributed by atoms with Crippen LogP contribution in [0.25, 0.3) is 16.6 Å². The highest BCUT2D eigenvalue weighted by Crippen LogP contribution is 2.32. The van der Waals surface area contributed by atoms with Gasteiger partial charge in [-0.15, -0.1) is 5.10 Å². The smallest absolute Gasteiger partial charge is 0.224 e. The van der Waals surface area contributed by atoms with Gasteiger partial charge in [0.15, 0.2) is 5.82 Å². The van der Waals surface area contributed by atoms with Crippen molar-refractivity contribution in [3.63, 3.8) is 0 Å². The minimum absolute atomic E-state index is 0.0671. The van der Waals surface area contributed by atoms with Gasteiger partial charge in [0.1, 0.15) is 17.0 Å². The number of ether oxygens (including phenoxy) is 1. The van der Waals surface area contributed by atoms with Gasteiger partial charge in [-0.25, -0.2) is 4.68 Å². The van der Waals surface area contributed by atoms with Crippen LogP contribution in [0.4, 0.5) is 5.82 Å². The first-order chi connectivity index (χ1) is 17.0. The van der Waals surface area contributed by atoms with Gasteiger partial charge in [-0.1, -0.05) is 0 Å². The molecular weight excluding hydrogens is 444 g/mol. The summed E-state index contributed by atoms with van der Waals surface area (Å²) < 4.78 is 12.6. The molecule has 4 heterocycles. The number of amides is 1. The molecule has 4 aromatic rings. The number of nitrogens with one attached hydrogen (secondary N) is 1. The average molecular weight is 475 g/mol. The Labute approximate surface area is 204 Å². The van der Waals surface area contributed by atoms with E-state index in [4.69, 9.17) is 14.3 Å². The summed E-state index contributed by atoms with van der Waals surface area (Å²) in [6.07, 6.45) is 4.09. The van der Waals surface area contributed by atoms with E-state index in [0.717, 1.165) is 64.7 Å². The fourth-order valence-electron chi connectivity index (χ4n) is 4.79. The molecule has 9 heteroatoms. The van der Waals surface area contributed by atoms with Crippen LogP contribution in [0.2, 0.25) is 0 Å². The normalized spacial score (nSPS) is 16.0. The molecule has 0 unspecified atom stereocenters. The number of aryl methyl sites for hydroxylation is 2. The van der Waals surface area contributed by atoms with Crippen LogP contribution in [-0.4, -0.2) is 52.6 Å². The maximum Gasteiger partial charge on any atom is 0.224 e. The van der Waals surface area contributed by atoms with Crippen LogP contribution in [0.5, 0.6) is 5.75 Å². The van der Waals surface area contributed by atoms with Gasteiger partial charge in [0, 0.05) is 26.1 Å². The van der Waals surface area contributed by atoms with Gasteiger partial charge in [-0.05, 0) is 63.1 Å². The van der Waals surface area contributed by atoms with Gasteiger partial charge in [-0.2, -0.15) is 10.2 Å². The number of furan rings is 1. The molecule has 0 radical (unpaired) electrons. The second-order valence-corrected chi connectivity index (χ2v) is 8.93. The van der Waals surface area contributed by atoms with E-state index < -0.39 is 0 Å². The van der Waals surface area contributed by atoms with Crippen molar-refractivity contribution in [2.75, 3.05) is 31.6 Å². The Bertz CT molecular complexity index is 1310. The highest BCUT2D eigenvalue weighted by Gasteiger charge is 2.29. The zero-order valence-electron chi connectivity index (χ0n) is 20.3. The van der Waals surface area contributed by atoms with Gasteiger partial charge in [0.25, 0.3) is 0 Å². The van der Waals surface area contributed by atoms with Crippen LogP contribution in [-0.2, 0) is 11.2 Å². The monoisotopic (exact) mass is 474 g/mol. The van der Waals surface area contributed by atoms with Gasteiger partial charge >= 0.3 is 0 Å². The van der Waals surface area contributed by atoms with Crippen molar-refractivity contribution in [3.8, 4) is 11.4 Å². The topological polar surface area (TPSA) is 98.3 Å². The van der Waals surface area contributed by atoms with Crippen molar-refractivity contribution in [1.29, 1.82) is 0 Å². The number of anilines is 1. The molecule has 0 spiro atoms. The van der Waals surface area contributed by atoms with Crippen LogP contribution in [0.3, 0.4) is 0 Å². The van der Waals surface area contributed by atoms with Gasteiger partial charge in [0.2, 0.25) is 5.91 Å². The molecule has 0 saturated carbocycles. The summed E-state index contributed by atoms with van der Waals surface area (Å²) >= 11 is 0. The Morgan fingerprint density at radius 1 is 1.20 bits per heavy atom. The quantitative estimate of drug-likeness (QED) is 0.437. The molecular formula is C26H30N6O3. The van der Waals surface area contributed by atoms with E-state index in [1.165, 1.54) is 0 Å². The summed E-state index contributed by atoms with van der Waals surface area (Å²) in [6, 6.07) is 11.6. The lowest BCUT2D eigenvalue weighted by Gasteiger charge is -2.32. The van der Waals surface area contributed by atoms with Crippen LogP contribution >= 0.6 is 0 Å². The number of carbonyl (C=O) groups excluding carboxylic acids is 1. The Hall–Kier alpha value is -3.88. The maximum atomic E-state index is 12.9. The number of aromatic nitrogens is 4. The highest BCUT2D eigenvalue weighted by atomic mass is 16.5. The third-order valence-corrected chi connectivity index (χ3v) is 6.64. The number of methoxy groups -OCH3 is 1. The van der Waals surface area contributed by atoms with Crippen molar-refractivity contribution < 1.29 is 13.9 Å². The average Bonchev–Trinajstić information content (AvgIpc) is 3.53. The van der Waals surface area contributed by atoms with E-state index in [2.05, 4.69) is 20.4 Å². The van der Waals surface area contributed by atoms with Crippen molar-refractivity contribution in [2.24, 2.45) is 5.92 Å². The lowest BCUT2D eigenvalue weighted by molar-refractivity contribution is -0.125. The molecule has 1 amide bonds. The molecule has 1 atom stereocenters. The molecule has 1 fully saturated rings. The minimum Gasteiger partial charge on any atom is -0.497 e. The van der Waals surface area contributed by atoms with Gasteiger partial charge in [0.05, 0.1) is 41.8 Å². The van der Waals surface area contributed by atoms with Crippen LogP contribution in [0.15, 0.2) is 47.1 Å². The Balaban J connectivity index is 1.37. The Morgan fingerprint density at radius 2 is 2.03 bits per heavy atom. The number of carbonyl (C=O) groups is 1. The van der Waals surface area contributed by atoms with E-state index in [0.29, 0.717) is 19.5 Å². The molecule has 35 heavy (non-hydrogen) atoms. The van der Waals surface area contributed by atoms with Gasteiger partial charge < -0.3 is 19.4 Å². The first-order valence-electron chi connectivity index (χ1n) is 12.0. The van der Waals surface area contributed by atoms with E-state index in [-0.39, 0.29) is 11.8 Å². The van der Waals surface area contributed by atoms with Crippen LogP contribution in [0, 0.1) is 19.8 Å². The largest absolute Gasteiger partial charge is 0.497 e. The predicted molar refractivity (Wildman–Crippen MR) is 133 cm³/mol. The maximum absolute atomic E-state index is 12.9. The molecule has 1 aromatic carbocycles. The van der Waals surface area contributed by atoms with E-state index in [1.807, 2.05) is 54.9 Å². The Morgan fingerprint density at radius 3 is 2.77 bits per heavy atom. The molecule has 3 aromatic heterocycles. The summed E-state index contributed by atoms with van der Waals surface area (Å²) in [5.41, 5.74) is 3.59. The van der Waals surface area contributed by atoms with Crippen molar-refractivity contribution >= 4 is 22.6 Å². The molecule has 182 valence electrons. The summed E-state index contributed by atoms with van der Waals surface area (Å²) in [7, 11) is 1.65. The molecule has 9 nitrogen and oxygen atoms in total. The third-order valence-electron chi connectivity index (χ3n) is 6.64. The summed E-state index contributed by atoms with van der Waals surface area (Å²) in [5.74, 6) is 2.36. The molecule has 5 rings (SSSR count). The van der Waals surface area contributed by atoms with Crippen LogP contribution in [0.1, 0.15) is 30.0 Å². The Kier molecular flexibility index (Phi) is 6.39. The van der Waals surface area contributed by atoms with Crippen molar-refractivity contribution in [1.82, 2.24) is 25.3 Å². The highest BCUT2D eigenvalue weighted by molar-refractivity contribution is 5.92. The SMILES string of the molecule is COc1ccc(-n2nc3c(N4CCC[C@H](C(=O)NCCc5ccco5)C4)nnc(C)c3c2C)cc1. The number of rotatable bonds is 7. The zero-order chi connectivity index (χ0) is 24.4. The molecule has 1 aliphatic heterocycles. The van der Waals surface area contributed by atoms with E-state index in [1.54, 1.807) is 13.4 Å². The number of nitrogens with zero attached hydrogens (tertiary/aromatic N) is 5. The third kappa shape index (κ3) is 4.58. The molecule has 0 aliphatic carbocycles. The fraction of sp³-hybridized carbons (Fsp3) is 0.385. The molecule has 1 N–H and O–H groups in total. The summed E-state index contributed by atoms with van der Waals surface area (Å²) in [4.78, 5) is 15.0.